The van der Waals surface area contributed by atoms with Crippen molar-refractivity contribution in [3.63, 3.8) is 0 Å². The highest BCUT2D eigenvalue weighted by Gasteiger charge is 2.17. The van der Waals surface area contributed by atoms with E-state index in [1.165, 1.54) is 7.11 Å². The van der Waals surface area contributed by atoms with Crippen molar-refractivity contribution in [3.8, 4) is 0 Å². The zero-order valence-electron chi connectivity index (χ0n) is 9.86. The van der Waals surface area contributed by atoms with Gasteiger partial charge in [-0.2, -0.15) is 5.10 Å². The molecule has 0 aliphatic rings. The first kappa shape index (κ1) is 14.2. The Morgan fingerprint density at radius 1 is 1.68 bits per heavy atom. The van der Waals surface area contributed by atoms with E-state index in [0.29, 0.717) is 15.8 Å². The second-order valence-electron chi connectivity index (χ2n) is 3.70. The Kier molecular flexibility index (Phi) is 4.38. The second kappa shape index (κ2) is 5.85. The molecular weight excluding hydrogens is 340 g/mol. The third-order valence-corrected chi connectivity index (χ3v) is 3.22. The highest BCUT2D eigenvalue weighted by atomic mass is 79.9. The molecule has 1 heterocycles. The van der Waals surface area contributed by atoms with E-state index in [-0.39, 0.29) is 6.73 Å². The first-order valence-corrected chi connectivity index (χ1v) is 6.50. The fourth-order valence-electron chi connectivity index (χ4n) is 1.70. The molecule has 0 bridgehead atoms. The Bertz CT molecular complexity index is 617. The number of para-hydroxylation sites is 1. The Morgan fingerprint density at radius 2 is 2.42 bits per heavy atom. The van der Waals surface area contributed by atoms with Crippen LogP contribution in [0.15, 0.2) is 22.8 Å². The molecule has 1 amide bonds. The number of methoxy groups -OCH3 is 1. The average Bonchev–Trinajstić information content (AvgIpc) is 2.68. The predicted octanol–water partition coefficient (Wildman–Crippen LogP) is 2.88. The zero-order chi connectivity index (χ0) is 14.0. The third kappa shape index (κ3) is 2.88. The van der Waals surface area contributed by atoms with Crippen LogP contribution in [0.5, 0.6) is 0 Å². The number of ether oxygens (including phenoxy) is 1. The minimum Gasteiger partial charge on any atom is -0.362 e. The summed E-state index contributed by atoms with van der Waals surface area (Å²) in [5, 5.41) is 7.41. The molecule has 0 fully saturated rings. The van der Waals surface area contributed by atoms with Gasteiger partial charge < -0.3 is 10.1 Å². The molecule has 1 unspecified atom stereocenters. The summed E-state index contributed by atoms with van der Waals surface area (Å²) in [6.45, 7) is 0.203. The van der Waals surface area contributed by atoms with Crippen molar-refractivity contribution in [3.05, 3.63) is 22.8 Å². The van der Waals surface area contributed by atoms with Gasteiger partial charge >= 0.3 is 0 Å². The number of benzene rings is 1. The van der Waals surface area contributed by atoms with Crippen molar-refractivity contribution >= 4 is 50.0 Å². The number of nitrogens with one attached hydrogen (secondary N) is 1. The highest BCUT2D eigenvalue weighted by molar-refractivity contribution is 9.10. The molecule has 0 saturated carbocycles. The van der Waals surface area contributed by atoms with Crippen LogP contribution in [0.1, 0.15) is 0 Å². The number of nitrogens with zero attached hydrogens (tertiary/aromatic N) is 2. The molecule has 2 rings (SSSR count). The zero-order valence-corrected chi connectivity index (χ0v) is 12.2. The number of anilines is 1. The van der Waals surface area contributed by atoms with E-state index in [4.69, 9.17) is 16.3 Å². The molecule has 1 atom stereocenters. The number of hydrogen-bond donors (Lipinski definition) is 1. The van der Waals surface area contributed by atoms with Gasteiger partial charge in [0.1, 0.15) is 11.3 Å². The van der Waals surface area contributed by atoms with Gasteiger partial charge in [-0.25, -0.2) is 9.07 Å². The molecule has 102 valence electrons. The average molecular weight is 351 g/mol. The van der Waals surface area contributed by atoms with E-state index < -0.39 is 11.5 Å². The van der Waals surface area contributed by atoms with Crippen molar-refractivity contribution in [1.29, 1.82) is 0 Å². The number of carbonyl (C=O) groups is 1. The summed E-state index contributed by atoms with van der Waals surface area (Å²) in [6, 6.07) is 5.19. The van der Waals surface area contributed by atoms with Crippen LogP contribution < -0.4 is 5.32 Å². The topological polar surface area (TPSA) is 56.1 Å². The fourth-order valence-corrected chi connectivity index (χ4v) is 2.27. The smallest absolute Gasteiger partial charge is 0.274 e. The first-order chi connectivity index (χ1) is 9.04. The molecule has 5 nitrogen and oxygen atoms in total. The first-order valence-electron chi connectivity index (χ1n) is 5.27. The Morgan fingerprint density at radius 3 is 3.05 bits per heavy atom. The number of aromatic nitrogens is 2. The molecule has 8 heteroatoms. The number of fused-ring (bicyclic) bond motifs is 1. The molecular formula is C11H10BrClFN3O2. The Labute approximate surface area is 121 Å². The van der Waals surface area contributed by atoms with Crippen LogP contribution in [-0.4, -0.2) is 28.4 Å². The minimum atomic E-state index is -2.10. The largest absolute Gasteiger partial charge is 0.362 e. The summed E-state index contributed by atoms with van der Waals surface area (Å²) in [5.41, 5.74) is -1.06. The number of carbonyl (C=O) groups excluding carboxylic acids is 1. The molecule has 0 saturated heterocycles. The molecule has 0 aliphatic carbocycles. The number of amides is 1. The van der Waals surface area contributed by atoms with Crippen molar-refractivity contribution in [2.45, 2.75) is 12.4 Å². The van der Waals surface area contributed by atoms with Gasteiger partial charge in [-0.15, -0.1) is 0 Å². The molecule has 0 aliphatic heterocycles. The van der Waals surface area contributed by atoms with Gasteiger partial charge in [0.15, 0.2) is 0 Å². The van der Waals surface area contributed by atoms with Gasteiger partial charge in [0.2, 0.25) is 0 Å². The maximum Gasteiger partial charge on any atom is 0.274 e. The molecule has 1 aromatic heterocycles. The number of halogens is 3. The number of hydrogen-bond acceptors (Lipinski definition) is 3. The third-order valence-electron chi connectivity index (χ3n) is 2.43. The molecule has 0 spiro atoms. The maximum atomic E-state index is 12.7. The van der Waals surface area contributed by atoms with E-state index in [2.05, 4.69) is 26.3 Å². The van der Waals surface area contributed by atoms with Crippen molar-refractivity contribution in [2.24, 2.45) is 0 Å². The molecule has 1 N–H and O–H groups in total. The lowest BCUT2D eigenvalue weighted by Crippen LogP contribution is -2.20. The normalized spacial score (nSPS) is 12.6. The summed E-state index contributed by atoms with van der Waals surface area (Å²) in [6.07, 6.45) is 0. The Balaban J connectivity index is 2.51. The van der Waals surface area contributed by atoms with Crippen LogP contribution in [0.4, 0.5) is 10.1 Å². The van der Waals surface area contributed by atoms with Crippen LogP contribution in [0, 0.1) is 0 Å². The summed E-state index contributed by atoms with van der Waals surface area (Å²) >= 11 is 8.42. The van der Waals surface area contributed by atoms with Crippen LogP contribution in [0.25, 0.3) is 10.9 Å². The van der Waals surface area contributed by atoms with E-state index in [9.17, 15) is 9.18 Å². The lowest BCUT2D eigenvalue weighted by molar-refractivity contribution is -0.118. The van der Waals surface area contributed by atoms with E-state index in [0.717, 1.165) is 5.39 Å². The summed E-state index contributed by atoms with van der Waals surface area (Å²) in [5.74, 6) is -0.921. The molecule has 1 aromatic carbocycles. The van der Waals surface area contributed by atoms with Crippen LogP contribution in [0.3, 0.4) is 0 Å². The standard InChI is InChI=1S/C11H10BrClFN3O2/c1-19-5-17-8-6(9(12)16-17)3-2-4-7(8)15-11(18)10(13)14/h2-4,10H,5H2,1H3,(H,15,18). The SMILES string of the molecule is COCn1nc(Br)c2cccc(NC(=O)C(F)Cl)c21. The van der Waals surface area contributed by atoms with E-state index in [1.807, 2.05) is 6.07 Å². The fraction of sp³-hybridized carbons (Fsp3) is 0.273. The number of alkyl halides is 2. The number of rotatable bonds is 4. The quantitative estimate of drug-likeness (QED) is 0.863. The highest BCUT2D eigenvalue weighted by Crippen LogP contribution is 2.29. The van der Waals surface area contributed by atoms with Crippen LogP contribution >= 0.6 is 27.5 Å². The lowest BCUT2D eigenvalue weighted by Gasteiger charge is -2.09. The molecule has 0 radical (unpaired) electrons. The Hall–Kier alpha value is -1.18. The minimum absolute atomic E-state index is 0.203. The van der Waals surface area contributed by atoms with Crippen molar-refractivity contribution in [1.82, 2.24) is 9.78 Å². The van der Waals surface area contributed by atoms with Crippen LogP contribution in [0.2, 0.25) is 0 Å². The second-order valence-corrected chi connectivity index (χ2v) is 4.83. The maximum absolute atomic E-state index is 12.7. The van der Waals surface area contributed by atoms with Gasteiger partial charge in [-0.05, 0) is 28.1 Å². The monoisotopic (exact) mass is 349 g/mol. The summed E-state index contributed by atoms with van der Waals surface area (Å²) in [4.78, 5) is 11.3. The van der Waals surface area contributed by atoms with Crippen molar-refractivity contribution < 1.29 is 13.9 Å². The van der Waals surface area contributed by atoms with Gasteiger partial charge in [0.05, 0.1) is 11.2 Å². The predicted molar refractivity (Wildman–Crippen MR) is 73.8 cm³/mol. The lowest BCUT2D eigenvalue weighted by atomic mass is 10.2. The van der Waals surface area contributed by atoms with Gasteiger partial charge in [-0.1, -0.05) is 17.7 Å². The van der Waals surface area contributed by atoms with E-state index in [1.54, 1.807) is 16.8 Å². The van der Waals surface area contributed by atoms with Gasteiger partial charge in [0, 0.05) is 12.5 Å². The summed E-state index contributed by atoms with van der Waals surface area (Å²) in [7, 11) is 1.53. The van der Waals surface area contributed by atoms with E-state index >= 15 is 0 Å². The van der Waals surface area contributed by atoms with Crippen LogP contribution in [-0.2, 0) is 16.3 Å². The molecule has 2 aromatic rings. The van der Waals surface area contributed by atoms with Crippen molar-refractivity contribution in [2.75, 3.05) is 12.4 Å². The van der Waals surface area contributed by atoms with Gasteiger partial charge in [0.25, 0.3) is 11.5 Å². The van der Waals surface area contributed by atoms with Gasteiger partial charge in [-0.3, -0.25) is 4.79 Å². The molecule has 19 heavy (non-hydrogen) atoms. The summed E-state index contributed by atoms with van der Waals surface area (Å²) < 4.78 is 19.9.